The SMILES string of the molecule is CC(C)c1cccc(C(C)C)[c]1[Ti+2][CH]1C=Cc2ccccc21.[Cl-].[Cl-]. The first-order valence-electron chi connectivity index (χ1n) is 8.24. The molecule has 0 N–H and O–H groups in total. The second kappa shape index (κ2) is 9.25. The molecule has 1 unspecified atom stereocenters. The summed E-state index contributed by atoms with van der Waals surface area (Å²) in [7, 11) is 0. The van der Waals surface area contributed by atoms with Crippen molar-refractivity contribution in [3.8, 4) is 0 Å². The van der Waals surface area contributed by atoms with Crippen LogP contribution in [0.2, 0.25) is 0 Å². The summed E-state index contributed by atoms with van der Waals surface area (Å²) in [6, 6.07) is 15.8. The van der Waals surface area contributed by atoms with E-state index in [-0.39, 0.29) is 44.0 Å². The molecule has 1 atom stereocenters. The molecule has 24 heavy (non-hydrogen) atoms. The Morgan fingerprint density at radius 3 is 1.96 bits per heavy atom. The fourth-order valence-electron chi connectivity index (χ4n) is 3.25. The molecule has 126 valence electrons. The fraction of sp³-hybridized carbons (Fsp3) is 0.333. The van der Waals surface area contributed by atoms with Crippen LogP contribution >= 0.6 is 0 Å². The summed E-state index contributed by atoms with van der Waals surface area (Å²) in [5, 5.41) is 0. The molecule has 2 aromatic rings. The van der Waals surface area contributed by atoms with E-state index < -0.39 is 0 Å². The smallest absolute Gasteiger partial charge is 1.00 e. The van der Waals surface area contributed by atoms with Gasteiger partial charge >= 0.3 is 144 Å². The first-order chi connectivity index (χ1) is 10.6. The number of benzene rings is 2. The third-order valence-corrected chi connectivity index (χ3v) is 7.10. The van der Waals surface area contributed by atoms with Gasteiger partial charge in [0.05, 0.1) is 0 Å². The number of allylic oxidation sites excluding steroid dienone is 1. The summed E-state index contributed by atoms with van der Waals surface area (Å²) in [4.78, 5) is 0. The van der Waals surface area contributed by atoms with E-state index in [2.05, 4.69) is 82.3 Å². The van der Waals surface area contributed by atoms with Crippen LogP contribution < -0.4 is 28.7 Å². The van der Waals surface area contributed by atoms with Crippen molar-refractivity contribution in [2.45, 2.75) is 43.8 Å². The number of hydrogen-bond acceptors (Lipinski definition) is 0. The van der Waals surface area contributed by atoms with Crippen molar-refractivity contribution < 1.29 is 44.0 Å². The van der Waals surface area contributed by atoms with Crippen LogP contribution in [0.1, 0.15) is 66.0 Å². The quantitative estimate of drug-likeness (QED) is 0.608. The van der Waals surface area contributed by atoms with Gasteiger partial charge in [-0.3, -0.25) is 0 Å². The molecule has 0 fully saturated rings. The number of halogens is 2. The molecule has 0 aliphatic heterocycles. The second-order valence-electron chi connectivity index (χ2n) is 6.73. The molecule has 0 saturated heterocycles. The van der Waals surface area contributed by atoms with Crippen molar-refractivity contribution in [2.75, 3.05) is 0 Å². The normalized spacial score (nSPS) is 14.8. The second-order valence-corrected chi connectivity index (χ2v) is 8.93. The standard InChI is InChI=1S/C12H17.C9H7.2ClH.Ti/c1-9(2)11-6-5-7-12(8-11)10(3)4;1-2-5-9-7-3-6-8(9)4-1;;;/h5-7,9-10H,1-4H3;1-7H;2*1H;/q;;;;+2/p-2. The average molecular weight is 395 g/mol. The van der Waals surface area contributed by atoms with E-state index in [0.717, 1.165) is 0 Å². The Hall–Kier alpha value is -0.526. The molecule has 1 aliphatic carbocycles. The first kappa shape index (κ1) is 21.5. The maximum Gasteiger partial charge on any atom is -1.00 e. The van der Waals surface area contributed by atoms with E-state index in [9.17, 15) is 0 Å². The van der Waals surface area contributed by atoms with Gasteiger partial charge in [-0.05, 0) is 0 Å². The predicted molar refractivity (Wildman–Crippen MR) is 92.5 cm³/mol. The van der Waals surface area contributed by atoms with E-state index in [1.165, 1.54) is 11.1 Å². The van der Waals surface area contributed by atoms with E-state index >= 15 is 0 Å². The molecular formula is C21H24Cl2Ti. The summed E-state index contributed by atoms with van der Waals surface area (Å²) in [6.07, 6.45) is 4.75. The van der Waals surface area contributed by atoms with Gasteiger partial charge in [0.1, 0.15) is 0 Å². The number of hydrogen-bond donors (Lipinski definition) is 0. The van der Waals surface area contributed by atoms with Gasteiger partial charge in [0.2, 0.25) is 0 Å². The third kappa shape index (κ3) is 4.35. The predicted octanol–water partition coefficient (Wildman–Crippen LogP) is -0.583. The van der Waals surface area contributed by atoms with E-state index in [1.807, 2.05) is 0 Å². The van der Waals surface area contributed by atoms with Crippen LogP contribution in [-0.4, -0.2) is 0 Å². The van der Waals surface area contributed by atoms with Crippen molar-refractivity contribution in [1.82, 2.24) is 0 Å². The molecule has 0 aromatic heterocycles. The Kier molecular flexibility index (Phi) is 8.29. The molecule has 0 radical (unpaired) electrons. The zero-order chi connectivity index (χ0) is 15.7. The first-order valence-corrected chi connectivity index (χ1v) is 9.92. The van der Waals surface area contributed by atoms with Gasteiger partial charge in [0.15, 0.2) is 0 Å². The van der Waals surface area contributed by atoms with Gasteiger partial charge in [-0.25, -0.2) is 0 Å². The van der Waals surface area contributed by atoms with Crippen LogP contribution in [0.5, 0.6) is 0 Å². The maximum absolute atomic E-state index is 2.44. The Morgan fingerprint density at radius 1 is 0.792 bits per heavy atom. The molecule has 1 aliphatic rings. The summed E-state index contributed by atoms with van der Waals surface area (Å²) < 4.78 is 2.34. The fourth-order valence-corrected chi connectivity index (χ4v) is 6.37. The maximum atomic E-state index is 2.44. The molecule has 0 bridgehead atoms. The van der Waals surface area contributed by atoms with Gasteiger partial charge in [-0.2, -0.15) is 0 Å². The van der Waals surface area contributed by atoms with Crippen molar-refractivity contribution in [3.05, 3.63) is 70.8 Å². The van der Waals surface area contributed by atoms with Crippen LogP contribution in [-0.2, 0) is 19.2 Å². The van der Waals surface area contributed by atoms with Crippen LogP contribution in [0.4, 0.5) is 0 Å². The largest absolute Gasteiger partial charge is 1.00 e. The minimum absolute atomic E-state index is 0. The third-order valence-electron chi connectivity index (χ3n) is 4.47. The summed E-state index contributed by atoms with van der Waals surface area (Å²) in [5.41, 5.74) is 6.10. The Bertz CT molecular complexity index is 678. The topological polar surface area (TPSA) is 0 Å². The monoisotopic (exact) mass is 394 g/mol. The molecule has 0 heterocycles. The average Bonchev–Trinajstić information content (AvgIpc) is 2.90. The molecule has 3 rings (SSSR count). The zero-order valence-corrected chi connectivity index (χ0v) is 17.8. The van der Waals surface area contributed by atoms with Gasteiger partial charge in [0, 0.05) is 0 Å². The Morgan fingerprint density at radius 2 is 1.38 bits per heavy atom. The Balaban J connectivity index is 0.00000144. The molecule has 0 amide bonds. The van der Waals surface area contributed by atoms with Crippen molar-refractivity contribution in [2.24, 2.45) is 0 Å². The molecule has 0 saturated carbocycles. The Labute approximate surface area is 167 Å². The zero-order valence-electron chi connectivity index (χ0n) is 14.7. The van der Waals surface area contributed by atoms with E-state index in [1.54, 1.807) is 15.0 Å². The minimum atomic E-state index is -0.224. The molecule has 3 heteroatoms. The summed E-state index contributed by atoms with van der Waals surface area (Å²) in [5.74, 6) is 1.22. The van der Waals surface area contributed by atoms with Crippen LogP contribution in [0, 0.1) is 0 Å². The van der Waals surface area contributed by atoms with Crippen molar-refractivity contribution in [3.63, 3.8) is 0 Å². The number of fused-ring (bicyclic) bond motifs is 1. The summed E-state index contributed by atoms with van der Waals surface area (Å²) >= 11 is -0.224. The van der Waals surface area contributed by atoms with E-state index in [4.69, 9.17) is 0 Å². The minimum Gasteiger partial charge on any atom is -1.00 e. The molecular weight excluding hydrogens is 371 g/mol. The van der Waals surface area contributed by atoms with Crippen LogP contribution in [0.3, 0.4) is 0 Å². The molecule has 0 spiro atoms. The molecule has 0 nitrogen and oxygen atoms in total. The summed E-state index contributed by atoms with van der Waals surface area (Å²) in [6.45, 7) is 9.31. The van der Waals surface area contributed by atoms with Crippen molar-refractivity contribution in [1.29, 1.82) is 0 Å². The van der Waals surface area contributed by atoms with Gasteiger partial charge in [-0.15, -0.1) is 0 Å². The van der Waals surface area contributed by atoms with Gasteiger partial charge in [-0.1, -0.05) is 0 Å². The molecule has 2 aromatic carbocycles. The number of rotatable bonds is 4. The van der Waals surface area contributed by atoms with Crippen LogP contribution in [0.25, 0.3) is 6.08 Å². The van der Waals surface area contributed by atoms with E-state index in [0.29, 0.717) is 16.1 Å². The van der Waals surface area contributed by atoms with Crippen molar-refractivity contribution >= 4 is 9.94 Å². The van der Waals surface area contributed by atoms with Gasteiger partial charge < -0.3 is 24.8 Å². The van der Waals surface area contributed by atoms with Gasteiger partial charge in [0.25, 0.3) is 0 Å². The van der Waals surface area contributed by atoms with Crippen LogP contribution in [0.15, 0.2) is 48.5 Å².